The lowest BCUT2D eigenvalue weighted by Crippen LogP contribution is -2.46. The fraction of sp³-hybridized carbons (Fsp3) is 0.182. The lowest BCUT2D eigenvalue weighted by atomic mass is 9.88. The zero-order valence-electron chi connectivity index (χ0n) is 7.79. The van der Waals surface area contributed by atoms with Crippen LogP contribution in [0, 0.1) is 12.3 Å². The van der Waals surface area contributed by atoms with Crippen molar-refractivity contribution in [3.63, 3.8) is 0 Å². The standard InChI is InChI=1S/C11H10O4/c1-2-9(12)11(15,10(13)14)8-6-4-3-5-7-8/h1,3-7,9,12,15H,(H,13,14)/t9-,11-/m1/s1. The first-order valence-corrected chi connectivity index (χ1v) is 4.19. The van der Waals surface area contributed by atoms with E-state index >= 15 is 0 Å². The third kappa shape index (κ3) is 1.84. The van der Waals surface area contributed by atoms with E-state index < -0.39 is 17.7 Å². The molecule has 0 aliphatic carbocycles. The van der Waals surface area contributed by atoms with Crippen molar-refractivity contribution >= 4 is 5.97 Å². The molecule has 0 aliphatic rings. The summed E-state index contributed by atoms with van der Waals surface area (Å²) >= 11 is 0. The molecule has 0 aromatic heterocycles. The van der Waals surface area contributed by atoms with Crippen LogP contribution in [-0.2, 0) is 10.4 Å². The molecule has 0 amide bonds. The van der Waals surface area contributed by atoms with E-state index in [4.69, 9.17) is 11.5 Å². The first-order chi connectivity index (χ1) is 7.03. The van der Waals surface area contributed by atoms with Crippen LogP contribution in [0.15, 0.2) is 30.3 Å². The highest BCUT2D eigenvalue weighted by Crippen LogP contribution is 2.25. The molecular weight excluding hydrogens is 196 g/mol. The Balaban J connectivity index is 3.26. The monoisotopic (exact) mass is 206 g/mol. The molecule has 0 spiro atoms. The van der Waals surface area contributed by atoms with Crippen molar-refractivity contribution in [1.82, 2.24) is 0 Å². The van der Waals surface area contributed by atoms with Gasteiger partial charge in [0.2, 0.25) is 5.60 Å². The van der Waals surface area contributed by atoms with Crippen LogP contribution in [0.5, 0.6) is 0 Å². The molecular formula is C11H10O4. The SMILES string of the molecule is C#C[C@@H](O)[C@@](O)(C(=O)O)c1ccccc1. The summed E-state index contributed by atoms with van der Waals surface area (Å²) in [6.45, 7) is 0. The number of terminal acetylenes is 1. The highest BCUT2D eigenvalue weighted by molar-refractivity contribution is 5.80. The Kier molecular flexibility index (Phi) is 3.10. The van der Waals surface area contributed by atoms with Crippen LogP contribution in [0.3, 0.4) is 0 Å². The van der Waals surface area contributed by atoms with Gasteiger partial charge in [0.25, 0.3) is 0 Å². The summed E-state index contributed by atoms with van der Waals surface area (Å²) in [5, 5.41) is 28.1. The number of aliphatic hydroxyl groups is 2. The van der Waals surface area contributed by atoms with E-state index in [0.29, 0.717) is 0 Å². The number of aliphatic hydroxyl groups excluding tert-OH is 1. The van der Waals surface area contributed by atoms with Gasteiger partial charge in [-0.05, 0) is 5.56 Å². The van der Waals surface area contributed by atoms with Crippen molar-refractivity contribution in [3.05, 3.63) is 35.9 Å². The van der Waals surface area contributed by atoms with Crippen molar-refractivity contribution in [2.45, 2.75) is 11.7 Å². The van der Waals surface area contributed by atoms with Crippen LogP contribution >= 0.6 is 0 Å². The second kappa shape index (κ2) is 4.13. The van der Waals surface area contributed by atoms with Crippen LogP contribution in [0.2, 0.25) is 0 Å². The molecule has 0 fully saturated rings. The number of aliphatic carboxylic acids is 1. The van der Waals surface area contributed by atoms with E-state index in [-0.39, 0.29) is 5.56 Å². The molecule has 4 heteroatoms. The van der Waals surface area contributed by atoms with Crippen LogP contribution in [0.25, 0.3) is 0 Å². The average Bonchev–Trinajstić information content (AvgIpc) is 2.27. The topological polar surface area (TPSA) is 77.8 Å². The Morgan fingerprint density at radius 2 is 1.93 bits per heavy atom. The minimum absolute atomic E-state index is 0.0444. The molecule has 0 aliphatic heterocycles. The number of benzene rings is 1. The maximum absolute atomic E-state index is 10.9. The average molecular weight is 206 g/mol. The summed E-state index contributed by atoms with van der Waals surface area (Å²) in [4.78, 5) is 10.9. The molecule has 0 heterocycles. The Morgan fingerprint density at radius 1 is 1.40 bits per heavy atom. The molecule has 3 N–H and O–H groups in total. The maximum atomic E-state index is 10.9. The van der Waals surface area contributed by atoms with Crippen molar-refractivity contribution in [1.29, 1.82) is 0 Å². The molecule has 0 bridgehead atoms. The zero-order chi connectivity index (χ0) is 11.5. The summed E-state index contributed by atoms with van der Waals surface area (Å²) in [7, 11) is 0. The van der Waals surface area contributed by atoms with Crippen molar-refractivity contribution < 1.29 is 20.1 Å². The van der Waals surface area contributed by atoms with E-state index in [1.54, 1.807) is 18.2 Å². The van der Waals surface area contributed by atoms with E-state index in [0.717, 1.165) is 0 Å². The quantitative estimate of drug-likeness (QED) is 0.606. The van der Waals surface area contributed by atoms with Crippen LogP contribution in [0.1, 0.15) is 5.56 Å². The number of carboxylic acids is 1. The van der Waals surface area contributed by atoms with Gasteiger partial charge in [-0.15, -0.1) is 6.42 Å². The summed E-state index contributed by atoms with van der Waals surface area (Å²) in [6, 6.07) is 7.52. The predicted octanol–water partition coefficient (Wildman–Crippen LogP) is -0.0471. The number of hydrogen-bond acceptors (Lipinski definition) is 3. The first-order valence-electron chi connectivity index (χ1n) is 4.19. The molecule has 0 radical (unpaired) electrons. The van der Waals surface area contributed by atoms with E-state index in [1.165, 1.54) is 12.1 Å². The zero-order valence-corrected chi connectivity index (χ0v) is 7.79. The molecule has 0 saturated heterocycles. The fourth-order valence-corrected chi connectivity index (χ4v) is 1.21. The Hall–Kier alpha value is -1.83. The van der Waals surface area contributed by atoms with Crippen LogP contribution < -0.4 is 0 Å². The van der Waals surface area contributed by atoms with Gasteiger partial charge in [-0.3, -0.25) is 0 Å². The maximum Gasteiger partial charge on any atom is 0.344 e. The van der Waals surface area contributed by atoms with E-state index in [2.05, 4.69) is 0 Å². The molecule has 0 saturated carbocycles. The molecule has 1 rings (SSSR count). The second-order valence-corrected chi connectivity index (χ2v) is 3.01. The number of rotatable bonds is 3. The first kappa shape index (κ1) is 11.2. The summed E-state index contributed by atoms with van der Waals surface area (Å²) in [5.41, 5.74) is -2.42. The van der Waals surface area contributed by atoms with Gasteiger partial charge in [-0.25, -0.2) is 4.79 Å². The van der Waals surface area contributed by atoms with Crippen molar-refractivity contribution in [2.75, 3.05) is 0 Å². The number of carboxylic acid groups (broad SMARTS) is 1. The third-order valence-corrected chi connectivity index (χ3v) is 2.09. The van der Waals surface area contributed by atoms with Crippen molar-refractivity contribution in [3.8, 4) is 12.3 Å². The molecule has 0 unspecified atom stereocenters. The molecule has 15 heavy (non-hydrogen) atoms. The number of hydrogen-bond donors (Lipinski definition) is 3. The molecule has 1 aromatic carbocycles. The predicted molar refractivity (Wildman–Crippen MR) is 52.8 cm³/mol. The Bertz CT molecular complexity index is 393. The lowest BCUT2D eigenvalue weighted by Gasteiger charge is -2.25. The van der Waals surface area contributed by atoms with E-state index in [9.17, 15) is 15.0 Å². The van der Waals surface area contributed by atoms with Crippen molar-refractivity contribution in [2.24, 2.45) is 0 Å². The summed E-state index contributed by atoms with van der Waals surface area (Å²) in [5.74, 6) is 0.226. The summed E-state index contributed by atoms with van der Waals surface area (Å²) in [6.07, 6.45) is 3.12. The van der Waals surface area contributed by atoms with Gasteiger partial charge in [-0.1, -0.05) is 36.3 Å². The van der Waals surface area contributed by atoms with Gasteiger partial charge >= 0.3 is 5.97 Å². The van der Waals surface area contributed by atoms with Crippen LogP contribution in [-0.4, -0.2) is 27.4 Å². The highest BCUT2D eigenvalue weighted by atomic mass is 16.4. The largest absolute Gasteiger partial charge is 0.479 e. The van der Waals surface area contributed by atoms with Gasteiger partial charge in [0.05, 0.1) is 0 Å². The van der Waals surface area contributed by atoms with Gasteiger partial charge in [0.1, 0.15) is 0 Å². The van der Waals surface area contributed by atoms with Gasteiger partial charge < -0.3 is 15.3 Å². The van der Waals surface area contributed by atoms with E-state index in [1.807, 2.05) is 5.92 Å². The lowest BCUT2D eigenvalue weighted by molar-refractivity contribution is -0.169. The van der Waals surface area contributed by atoms with Gasteiger partial charge in [0.15, 0.2) is 6.10 Å². The molecule has 2 atom stereocenters. The smallest absolute Gasteiger partial charge is 0.344 e. The summed E-state index contributed by atoms with van der Waals surface area (Å²) < 4.78 is 0. The van der Waals surface area contributed by atoms with Gasteiger partial charge in [0, 0.05) is 0 Å². The highest BCUT2D eigenvalue weighted by Gasteiger charge is 2.44. The normalized spacial score (nSPS) is 16.1. The third-order valence-electron chi connectivity index (χ3n) is 2.09. The molecule has 4 nitrogen and oxygen atoms in total. The Labute approximate surface area is 86.8 Å². The fourth-order valence-electron chi connectivity index (χ4n) is 1.21. The minimum Gasteiger partial charge on any atom is -0.479 e. The van der Waals surface area contributed by atoms with Crippen LogP contribution in [0.4, 0.5) is 0 Å². The molecule has 78 valence electrons. The molecule has 1 aromatic rings. The minimum atomic E-state index is -2.46. The number of carbonyl (C=O) groups is 1. The second-order valence-electron chi connectivity index (χ2n) is 3.01. The Morgan fingerprint density at radius 3 is 2.33 bits per heavy atom. The van der Waals surface area contributed by atoms with Gasteiger partial charge in [-0.2, -0.15) is 0 Å².